The molecule has 94 valence electrons. The molecule has 0 spiro atoms. The maximum atomic E-state index is 4.55. The van der Waals surface area contributed by atoms with Gasteiger partial charge in [-0.1, -0.05) is 6.07 Å². The SMILES string of the molecule is Cc1cccc(Nc2nc(-c3ccncc3)cs2)n1. The highest BCUT2D eigenvalue weighted by Crippen LogP contribution is 2.26. The first-order valence-electron chi connectivity index (χ1n) is 5.88. The summed E-state index contributed by atoms with van der Waals surface area (Å²) in [6.07, 6.45) is 3.54. The van der Waals surface area contributed by atoms with Crippen LogP contribution in [0, 0.1) is 6.92 Å². The van der Waals surface area contributed by atoms with Crippen molar-refractivity contribution >= 4 is 22.3 Å². The third kappa shape index (κ3) is 2.77. The summed E-state index contributed by atoms with van der Waals surface area (Å²) in [5, 5.41) is 6.07. The van der Waals surface area contributed by atoms with E-state index in [1.807, 2.05) is 42.6 Å². The third-order valence-corrected chi connectivity index (χ3v) is 3.36. The van der Waals surface area contributed by atoms with E-state index < -0.39 is 0 Å². The number of anilines is 2. The predicted molar refractivity (Wildman–Crippen MR) is 77.6 cm³/mol. The lowest BCUT2D eigenvalue weighted by Gasteiger charge is -2.01. The van der Waals surface area contributed by atoms with Gasteiger partial charge in [-0.3, -0.25) is 4.98 Å². The number of nitrogens with zero attached hydrogens (tertiary/aromatic N) is 3. The maximum absolute atomic E-state index is 4.55. The Labute approximate surface area is 115 Å². The average molecular weight is 268 g/mol. The molecular formula is C14H12N4S. The standard InChI is InChI=1S/C14H12N4S/c1-10-3-2-4-13(16-10)18-14-17-12(9-19-14)11-5-7-15-8-6-11/h2-9H,1H3,(H,16,17,18). The summed E-state index contributed by atoms with van der Waals surface area (Å²) in [6, 6.07) is 9.77. The smallest absolute Gasteiger partial charge is 0.188 e. The van der Waals surface area contributed by atoms with E-state index >= 15 is 0 Å². The zero-order chi connectivity index (χ0) is 13.1. The molecule has 4 nitrogen and oxygen atoms in total. The first-order chi connectivity index (χ1) is 9.31. The van der Waals surface area contributed by atoms with Crippen LogP contribution in [-0.2, 0) is 0 Å². The molecule has 5 heteroatoms. The maximum Gasteiger partial charge on any atom is 0.188 e. The molecule has 0 radical (unpaired) electrons. The fraction of sp³-hybridized carbons (Fsp3) is 0.0714. The Morgan fingerprint density at radius 3 is 2.68 bits per heavy atom. The molecule has 0 saturated heterocycles. The molecule has 0 saturated carbocycles. The molecule has 3 aromatic rings. The molecule has 1 N–H and O–H groups in total. The van der Waals surface area contributed by atoms with E-state index in [-0.39, 0.29) is 0 Å². The molecule has 0 aliphatic rings. The van der Waals surface area contributed by atoms with Gasteiger partial charge in [0.05, 0.1) is 5.69 Å². The van der Waals surface area contributed by atoms with Crippen LogP contribution in [0.3, 0.4) is 0 Å². The lowest BCUT2D eigenvalue weighted by molar-refractivity contribution is 1.19. The summed E-state index contributed by atoms with van der Waals surface area (Å²) >= 11 is 1.56. The second kappa shape index (κ2) is 5.16. The van der Waals surface area contributed by atoms with E-state index in [1.165, 1.54) is 0 Å². The predicted octanol–water partition coefficient (Wildman–Crippen LogP) is 3.65. The van der Waals surface area contributed by atoms with Gasteiger partial charge in [-0.25, -0.2) is 9.97 Å². The normalized spacial score (nSPS) is 10.4. The van der Waals surface area contributed by atoms with E-state index in [0.717, 1.165) is 27.9 Å². The Kier molecular flexibility index (Phi) is 3.20. The van der Waals surface area contributed by atoms with Crippen molar-refractivity contribution in [2.24, 2.45) is 0 Å². The largest absolute Gasteiger partial charge is 0.316 e. The van der Waals surface area contributed by atoms with Crippen molar-refractivity contribution in [1.82, 2.24) is 15.0 Å². The van der Waals surface area contributed by atoms with Crippen molar-refractivity contribution in [3.8, 4) is 11.3 Å². The molecule has 0 aromatic carbocycles. The number of nitrogens with one attached hydrogen (secondary N) is 1. The Morgan fingerprint density at radius 1 is 1.05 bits per heavy atom. The Balaban J connectivity index is 1.82. The van der Waals surface area contributed by atoms with Gasteiger partial charge in [0, 0.05) is 29.0 Å². The number of thiazole rings is 1. The van der Waals surface area contributed by atoms with Crippen molar-refractivity contribution in [3.05, 3.63) is 53.8 Å². The molecule has 0 aliphatic carbocycles. The van der Waals surface area contributed by atoms with Gasteiger partial charge in [0.1, 0.15) is 5.82 Å². The number of hydrogen-bond donors (Lipinski definition) is 1. The van der Waals surface area contributed by atoms with Gasteiger partial charge in [0.2, 0.25) is 0 Å². The van der Waals surface area contributed by atoms with Crippen molar-refractivity contribution in [2.75, 3.05) is 5.32 Å². The minimum absolute atomic E-state index is 0.815. The Morgan fingerprint density at radius 2 is 1.89 bits per heavy atom. The van der Waals surface area contributed by atoms with Crippen LogP contribution in [0.15, 0.2) is 48.1 Å². The van der Waals surface area contributed by atoms with Gasteiger partial charge in [0.15, 0.2) is 5.13 Å². The third-order valence-electron chi connectivity index (χ3n) is 2.60. The van der Waals surface area contributed by atoms with Gasteiger partial charge < -0.3 is 5.32 Å². The van der Waals surface area contributed by atoms with Crippen LogP contribution in [0.4, 0.5) is 10.9 Å². The fourth-order valence-corrected chi connectivity index (χ4v) is 2.44. The van der Waals surface area contributed by atoms with E-state index in [0.29, 0.717) is 0 Å². The summed E-state index contributed by atoms with van der Waals surface area (Å²) in [4.78, 5) is 12.9. The molecule has 0 amide bonds. The van der Waals surface area contributed by atoms with Gasteiger partial charge in [-0.15, -0.1) is 11.3 Å². The fourth-order valence-electron chi connectivity index (χ4n) is 1.71. The molecule has 3 aromatic heterocycles. The van der Waals surface area contributed by atoms with Gasteiger partial charge >= 0.3 is 0 Å². The molecule has 0 bridgehead atoms. The lowest BCUT2D eigenvalue weighted by Crippen LogP contribution is -1.93. The number of pyridine rings is 2. The van der Waals surface area contributed by atoms with Crippen molar-refractivity contribution < 1.29 is 0 Å². The summed E-state index contributed by atoms with van der Waals surface area (Å²) in [6.45, 7) is 1.97. The second-order valence-electron chi connectivity index (χ2n) is 4.06. The van der Waals surface area contributed by atoms with Gasteiger partial charge in [0.25, 0.3) is 0 Å². The number of aromatic nitrogens is 3. The van der Waals surface area contributed by atoms with Crippen LogP contribution in [0.5, 0.6) is 0 Å². The highest BCUT2D eigenvalue weighted by atomic mass is 32.1. The monoisotopic (exact) mass is 268 g/mol. The summed E-state index contributed by atoms with van der Waals surface area (Å²) in [5.74, 6) is 0.815. The van der Waals surface area contributed by atoms with E-state index in [9.17, 15) is 0 Å². The van der Waals surface area contributed by atoms with E-state index in [1.54, 1.807) is 23.7 Å². The molecule has 0 aliphatic heterocycles. The van der Waals surface area contributed by atoms with E-state index in [4.69, 9.17) is 0 Å². The molecule has 0 atom stereocenters. The van der Waals surface area contributed by atoms with Crippen LogP contribution < -0.4 is 5.32 Å². The minimum Gasteiger partial charge on any atom is -0.316 e. The molecule has 3 rings (SSSR count). The van der Waals surface area contributed by atoms with E-state index in [2.05, 4.69) is 20.3 Å². The Bertz CT molecular complexity index is 679. The zero-order valence-corrected chi connectivity index (χ0v) is 11.2. The van der Waals surface area contributed by atoms with Crippen LogP contribution in [0.25, 0.3) is 11.3 Å². The molecular weight excluding hydrogens is 256 g/mol. The summed E-state index contributed by atoms with van der Waals surface area (Å²) < 4.78 is 0. The minimum atomic E-state index is 0.815. The Hall–Kier alpha value is -2.27. The zero-order valence-electron chi connectivity index (χ0n) is 10.4. The van der Waals surface area contributed by atoms with Crippen molar-refractivity contribution in [1.29, 1.82) is 0 Å². The summed E-state index contributed by atoms with van der Waals surface area (Å²) in [5.41, 5.74) is 3.00. The highest BCUT2D eigenvalue weighted by molar-refractivity contribution is 7.14. The van der Waals surface area contributed by atoms with Gasteiger partial charge in [-0.05, 0) is 31.2 Å². The van der Waals surface area contributed by atoms with Crippen LogP contribution in [-0.4, -0.2) is 15.0 Å². The quantitative estimate of drug-likeness (QED) is 0.787. The number of aryl methyl sites for hydroxylation is 1. The van der Waals surface area contributed by atoms with Crippen molar-refractivity contribution in [2.45, 2.75) is 6.92 Å². The van der Waals surface area contributed by atoms with Crippen LogP contribution >= 0.6 is 11.3 Å². The van der Waals surface area contributed by atoms with Crippen LogP contribution in [0.1, 0.15) is 5.69 Å². The summed E-state index contributed by atoms with van der Waals surface area (Å²) in [7, 11) is 0. The highest BCUT2D eigenvalue weighted by Gasteiger charge is 2.05. The van der Waals surface area contributed by atoms with Gasteiger partial charge in [-0.2, -0.15) is 0 Å². The number of rotatable bonds is 3. The molecule has 3 heterocycles. The second-order valence-corrected chi connectivity index (χ2v) is 4.92. The molecule has 19 heavy (non-hydrogen) atoms. The number of hydrogen-bond acceptors (Lipinski definition) is 5. The average Bonchev–Trinajstić information content (AvgIpc) is 2.88. The lowest BCUT2D eigenvalue weighted by atomic mass is 10.2. The van der Waals surface area contributed by atoms with Crippen LogP contribution in [0.2, 0.25) is 0 Å². The van der Waals surface area contributed by atoms with Crippen molar-refractivity contribution in [3.63, 3.8) is 0 Å². The first-order valence-corrected chi connectivity index (χ1v) is 6.76. The first kappa shape index (κ1) is 11.8. The molecule has 0 fully saturated rings. The topological polar surface area (TPSA) is 50.7 Å². The molecule has 0 unspecified atom stereocenters.